The van der Waals surface area contributed by atoms with Crippen LogP contribution in [0.3, 0.4) is 0 Å². The fourth-order valence-corrected chi connectivity index (χ4v) is 7.48. The Morgan fingerprint density at radius 1 is 0.419 bits per heavy atom. The minimum atomic E-state index is -0.864. The Bertz CT molecular complexity index is 1670. The van der Waals surface area contributed by atoms with Crippen LogP contribution in [0.5, 0.6) is 0 Å². The lowest BCUT2D eigenvalue weighted by Gasteiger charge is -2.10. The zero-order chi connectivity index (χ0) is 20.4. The number of benzene rings is 4. The largest absolute Gasteiger partial charge is 0.282 e. The molecule has 0 aliphatic heterocycles. The maximum atomic E-state index is 2.59. The summed E-state index contributed by atoms with van der Waals surface area (Å²) in [6.07, 6.45) is 0. The van der Waals surface area contributed by atoms with Crippen LogP contribution in [-0.4, -0.2) is 8.33 Å². The van der Waals surface area contributed by atoms with E-state index in [1.165, 1.54) is 48.9 Å². The molecule has 3 aromatic heterocycles. The van der Waals surface area contributed by atoms with Gasteiger partial charge in [-0.25, -0.2) is 0 Å². The minimum Gasteiger partial charge on any atom is -0.282 e. The molecule has 0 atom stereocenters. The SMILES string of the molecule is c1ccc(-p2n3c4ccccc4cc3c3ccccc3c3cc4ccccc4n32)cc1. The van der Waals surface area contributed by atoms with Gasteiger partial charge in [0.05, 0.1) is 29.9 Å². The number of nitrogens with zero attached hydrogens (tertiary/aromatic N) is 2. The molecule has 0 amide bonds. The topological polar surface area (TPSA) is 8.82 Å². The number of hydrogen-bond donors (Lipinski definition) is 0. The molecule has 0 unspecified atom stereocenters. The van der Waals surface area contributed by atoms with Crippen molar-refractivity contribution in [3.8, 4) is 5.30 Å². The van der Waals surface area contributed by atoms with Gasteiger partial charge in [0, 0.05) is 26.8 Å². The first-order chi connectivity index (χ1) is 15.4. The van der Waals surface area contributed by atoms with Gasteiger partial charge < -0.3 is 0 Å². The number of rotatable bonds is 1. The van der Waals surface area contributed by atoms with Gasteiger partial charge in [-0.1, -0.05) is 78.9 Å². The van der Waals surface area contributed by atoms with E-state index in [4.69, 9.17) is 0 Å². The van der Waals surface area contributed by atoms with Crippen molar-refractivity contribution in [3.63, 3.8) is 0 Å². The number of aromatic nitrogens is 2. The fourth-order valence-electron chi connectivity index (χ4n) is 4.88. The second-order valence-electron chi connectivity index (χ2n) is 7.97. The average molecular weight is 414 g/mol. The zero-order valence-corrected chi connectivity index (χ0v) is 17.7. The van der Waals surface area contributed by atoms with Crippen LogP contribution in [0, 0.1) is 0 Å². The molecule has 0 aliphatic rings. The summed E-state index contributed by atoms with van der Waals surface area (Å²) in [4.78, 5) is 0. The highest BCUT2D eigenvalue weighted by Gasteiger charge is 2.16. The third kappa shape index (κ3) is 2.34. The first-order valence-electron chi connectivity index (χ1n) is 10.6. The Labute approximate surface area is 180 Å². The number of fused-ring (bicyclic) bond motifs is 9. The van der Waals surface area contributed by atoms with E-state index >= 15 is 0 Å². The molecule has 0 spiro atoms. The van der Waals surface area contributed by atoms with Crippen LogP contribution < -0.4 is 0 Å². The van der Waals surface area contributed by atoms with Crippen molar-refractivity contribution in [3.05, 3.63) is 115 Å². The predicted octanol–water partition coefficient (Wildman–Crippen LogP) is 8.19. The third-order valence-electron chi connectivity index (χ3n) is 6.22. The molecule has 146 valence electrons. The van der Waals surface area contributed by atoms with Crippen LogP contribution in [0.4, 0.5) is 0 Å². The van der Waals surface area contributed by atoms with Gasteiger partial charge in [0.2, 0.25) is 0 Å². The Morgan fingerprint density at radius 2 is 0.871 bits per heavy atom. The molecule has 0 aliphatic carbocycles. The molecule has 4 aromatic carbocycles. The van der Waals surface area contributed by atoms with Gasteiger partial charge in [-0.3, -0.25) is 8.33 Å². The summed E-state index contributed by atoms with van der Waals surface area (Å²) in [6, 6.07) is 42.1. The van der Waals surface area contributed by atoms with Crippen LogP contribution >= 0.6 is 7.85 Å². The van der Waals surface area contributed by atoms with Crippen LogP contribution in [0.2, 0.25) is 0 Å². The summed E-state index contributed by atoms with van der Waals surface area (Å²) in [7, 11) is -0.864. The summed E-state index contributed by atoms with van der Waals surface area (Å²) in [6.45, 7) is 0. The maximum absolute atomic E-state index is 2.59. The van der Waals surface area contributed by atoms with Gasteiger partial charge in [-0.2, -0.15) is 0 Å². The highest BCUT2D eigenvalue weighted by molar-refractivity contribution is 7.51. The fraction of sp³-hybridized carbons (Fsp3) is 0. The summed E-state index contributed by atoms with van der Waals surface area (Å²) < 4.78 is 5.17. The quantitative estimate of drug-likeness (QED) is 0.256. The van der Waals surface area contributed by atoms with Gasteiger partial charge in [-0.05, 0) is 36.4 Å². The lowest BCUT2D eigenvalue weighted by Crippen LogP contribution is -1.87. The molecule has 0 fully saturated rings. The first kappa shape index (κ1) is 17.0. The molecule has 0 saturated heterocycles. The van der Waals surface area contributed by atoms with E-state index < -0.39 is 7.85 Å². The normalized spacial score (nSPS) is 11.9. The Morgan fingerprint density at radius 3 is 1.42 bits per heavy atom. The van der Waals surface area contributed by atoms with Crippen molar-refractivity contribution in [1.29, 1.82) is 0 Å². The Hall–Kier alpha value is -3.74. The molecule has 7 rings (SSSR count). The van der Waals surface area contributed by atoms with E-state index in [9.17, 15) is 0 Å². The Kier molecular flexibility index (Phi) is 3.50. The molecule has 3 heterocycles. The first-order valence-corrected chi connectivity index (χ1v) is 11.8. The minimum absolute atomic E-state index is 0.864. The second-order valence-corrected chi connectivity index (χ2v) is 9.87. The van der Waals surface area contributed by atoms with Gasteiger partial charge in [-0.15, -0.1) is 0 Å². The molecule has 0 bridgehead atoms. The highest BCUT2D eigenvalue weighted by atomic mass is 31.1. The lowest BCUT2D eigenvalue weighted by molar-refractivity contribution is 1.38. The number of para-hydroxylation sites is 2. The molecule has 31 heavy (non-hydrogen) atoms. The molecule has 0 radical (unpaired) electrons. The average Bonchev–Trinajstić information content (AvgIpc) is 3.37. The van der Waals surface area contributed by atoms with Crippen molar-refractivity contribution < 1.29 is 0 Å². The molecular weight excluding hydrogens is 395 g/mol. The van der Waals surface area contributed by atoms with Crippen molar-refractivity contribution >= 4 is 51.5 Å². The molecule has 0 N–H and O–H groups in total. The zero-order valence-electron chi connectivity index (χ0n) is 16.8. The molecular formula is C28H19N2P. The van der Waals surface area contributed by atoms with Crippen molar-refractivity contribution in [2.75, 3.05) is 0 Å². The summed E-state index contributed by atoms with van der Waals surface area (Å²) in [5, 5.41) is 6.51. The van der Waals surface area contributed by atoms with Gasteiger partial charge in [0.1, 0.15) is 0 Å². The smallest absolute Gasteiger partial charge is 0.0684 e. The van der Waals surface area contributed by atoms with Gasteiger partial charge in [0.15, 0.2) is 0 Å². The van der Waals surface area contributed by atoms with E-state index in [-0.39, 0.29) is 0 Å². The highest BCUT2D eigenvalue weighted by Crippen LogP contribution is 2.46. The third-order valence-corrected chi connectivity index (χ3v) is 8.60. The van der Waals surface area contributed by atoms with Gasteiger partial charge >= 0.3 is 0 Å². The lowest BCUT2D eigenvalue weighted by atomic mass is 10.1. The van der Waals surface area contributed by atoms with E-state index in [1.54, 1.807) is 0 Å². The molecule has 0 saturated carbocycles. The van der Waals surface area contributed by atoms with E-state index in [1.807, 2.05) is 0 Å². The van der Waals surface area contributed by atoms with Crippen molar-refractivity contribution in [2.45, 2.75) is 0 Å². The standard InChI is InChI=1S/C28H19N2P/c1-2-12-22(13-3-1)31-29-25-16-8-4-10-20(25)18-27(29)23-14-6-7-15-24(23)28-19-21-11-5-9-17-26(21)30(28)31/h1-19H. The van der Waals surface area contributed by atoms with Crippen LogP contribution in [-0.2, 0) is 0 Å². The Balaban J connectivity index is 1.94. The van der Waals surface area contributed by atoms with Crippen LogP contribution in [0.1, 0.15) is 0 Å². The van der Waals surface area contributed by atoms with Crippen LogP contribution in [0.25, 0.3) is 48.9 Å². The maximum Gasteiger partial charge on any atom is 0.0684 e. The van der Waals surface area contributed by atoms with Crippen molar-refractivity contribution in [2.24, 2.45) is 0 Å². The molecule has 2 nitrogen and oxygen atoms in total. The van der Waals surface area contributed by atoms with Crippen molar-refractivity contribution in [1.82, 2.24) is 8.33 Å². The van der Waals surface area contributed by atoms with Gasteiger partial charge in [0.25, 0.3) is 0 Å². The van der Waals surface area contributed by atoms with E-state index in [0.717, 1.165) is 0 Å². The van der Waals surface area contributed by atoms with E-state index in [0.29, 0.717) is 0 Å². The molecule has 3 heteroatoms. The monoisotopic (exact) mass is 414 g/mol. The molecule has 7 aromatic rings. The van der Waals surface area contributed by atoms with E-state index in [2.05, 4.69) is 124 Å². The summed E-state index contributed by atoms with van der Waals surface area (Å²) in [5.74, 6) is 0. The second kappa shape index (κ2) is 6.38. The summed E-state index contributed by atoms with van der Waals surface area (Å²) >= 11 is 0. The summed E-state index contributed by atoms with van der Waals surface area (Å²) in [5.41, 5.74) is 5.15. The van der Waals surface area contributed by atoms with Crippen LogP contribution in [0.15, 0.2) is 115 Å². The predicted molar refractivity (Wildman–Crippen MR) is 134 cm³/mol. The number of hydrogen-bond acceptors (Lipinski definition) is 0.